The summed E-state index contributed by atoms with van der Waals surface area (Å²) in [6, 6.07) is 16.1. The van der Waals surface area contributed by atoms with Gasteiger partial charge in [-0.15, -0.1) is 0 Å². The minimum atomic E-state index is -0.506. The molecule has 2 amide bonds. The normalized spacial score (nSPS) is 10.7. The van der Waals surface area contributed by atoms with Crippen molar-refractivity contribution in [1.29, 1.82) is 0 Å². The van der Waals surface area contributed by atoms with Crippen molar-refractivity contribution in [3.63, 3.8) is 0 Å². The zero-order valence-electron chi connectivity index (χ0n) is 15.4. The summed E-state index contributed by atoms with van der Waals surface area (Å²) in [7, 11) is 0. The van der Waals surface area contributed by atoms with E-state index in [4.69, 9.17) is 4.42 Å². The van der Waals surface area contributed by atoms with Crippen LogP contribution in [-0.2, 0) is 4.79 Å². The van der Waals surface area contributed by atoms with Crippen LogP contribution in [0.4, 0.5) is 5.69 Å². The Morgan fingerprint density at radius 1 is 1.10 bits per heavy atom. The Hall–Kier alpha value is -3.79. The van der Waals surface area contributed by atoms with Crippen LogP contribution in [0.1, 0.15) is 16.1 Å². The van der Waals surface area contributed by atoms with Crippen LogP contribution in [0.15, 0.2) is 74.7 Å². The summed E-state index contributed by atoms with van der Waals surface area (Å²) < 4.78 is 6.20. The van der Waals surface area contributed by atoms with E-state index in [0.29, 0.717) is 27.1 Å². The Morgan fingerprint density at radius 2 is 1.83 bits per heavy atom. The maximum Gasteiger partial charge on any atom is 0.269 e. The summed E-state index contributed by atoms with van der Waals surface area (Å²) in [6.45, 7) is -0.246. The maximum absolute atomic E-state index is 12.0. The van der Waals surface area contributed by atoms with Gasteiger partial charge >= 0.3 is 0 Å². The molecule has 0 fully saturated rings. The smallest absolute Gasteiger partial charge is 0.269 e. The monoisotopic (exact) mass is 470 g/mol. The van der Waals surface area contributed by atoms with Gasteiger partial charge in [0.2, 0.25) is 0 Å². The number of furan rings is 1. The molecule has 2 N–H and O–H groups in total. The molecule has 0 unspecified atom stereocenters. The number of hydrazone groups is 1. The topological polar surface area (TPSA) is 127 Å². The van der Waals surface area contributed by atoms with Crippen molar-refractivity contribution in [2.45, 2.75) is 0 Å². The number of amides is 2. The van der Waals surface area contributed by atoms with Gasteiger partial charge in [0, 0.05) is 22.2 Å². The molecule has 0 bridgehead atoms. The first-order valence-electron chi connectivity index (χ1n) is 8.63. The van der Waals surface area contributed by atoms with E-state index in [9.17, 15) is 19.7 Å². The first kappa shape index (κ1) is 20.9. The molecule has 0 aliphatic carbocycles. The van der Waals surface area contributed by atoms with Crippen molar-refractivity contribution in [2.75, 3.05) is 6.54 Å². The molecule has 0 aliphatic heterocycles. The number of carbonyl (C=O) groups excluding carboxylic acids is 2. The van der Waals surface area contributed by atoms with Gasteiger partial charge in [0.25, 0.3) is 17.5 Å². The summed E-state index contributed by atoms with van der Waals surface area (Å²) in [6.07, 6.45) is 1.31. The van der Waals surface area contributed by atoms with Gasteiger partial charge in [-0.2, -0.15) is 5.10 Å². The summed E-state index contributed by atoms with van der Waals surface area (Å²) in [5.41, 5.74) is 3.36. The van der Waals surface area contributed by atoms with E-state index in [-0.39, 0.29) is 18.1 Å². The van der Waals surface area contributed by atoms with Crippen molar-refractivity contribution in [3.05, 3.63) is 86.6 Å². The van der Waals surface area contributed by atoms with Gasteiger partial charge in [0.1, 0.15) is 11.5 Å². The fraction of sp³-hybridized carbons (Fsp3) is 0.0500. The molecular formula is C20H15BrN4O5. The lowest BCUT2D eigenvalue weighted by atomic mass is 10.1. The number of nitrogens with one attached hydrogen (secondary N) is 2. The Bertz CT molecular complexity index is 1110. The van der Waals surface area contributed by atoms with Gasteiger partial charge in [-0.3, -0.25) is 19.7 Å². The summed E-state index contributed by atoms with van der Waals surface area (Å²) in [5.74, 6) is -0.0199. The van der Waals surface area contributed by atoms with Crippen LogP contribution in [-0.4, -0.2) is 29.5 Å². The lowest BCUT2D eigenvalue weighted by Crippen LogP contribution is -2.35. The SMILES string of the molecule is O=C(CNC(=O)c1ccccc1Br)N/N=C\c1ccc(-c2ccc([N+](=O)[O-])cc2)o1. The van der Waals surface area contributed by atoms with Crippen molar-refractivity contribution >= 4 is 39.6 Å². The lowest BCUT2D eigenvalue weighted by Gasteiger charge is -2.05. The molecule has 2 aromatic carbocycles. The van der Waals surface area contributed by atoms with Crippen molar-refractivity contribution in [1.82, 2.24) is 10.7 Å². The number of hydrogen-bond acceptors (Lipinski definition) is 6. The van der Waals surface area contributed by atoms with Crippen LogP contribution in [0.3, 0.4) is 0 Å². The molecule has 9 nitrogen and oxygen atoms in total. The highest BCUT2D eigenvalue weighted by molar-refractivity contribution is 9.10. The van der Waals surface area contributed by atoms with Gasteiger partial charge in [-0.05, 0) is 52.3 Å². The van der Waals surface area contributed by atoms with Crippen LogP contribution < -0.4 is 10.7 Å². The van der Waals surface area contributed by atoms with Crippen LogP contribution >= 0.6 is 15.9 Å². The van der Waals surface area contributed by atoms with Crippen molar-refractivity contribution < 1.29 is 18.9 Å². The lowest BCUT2D eigenvalue weighted by molar-refractivity contribution is -0.384. The van der Waals surface area contributed by atoms with E-state index in [1.807, 2.05) is 0 Å². The van der Waals surface area contributed by atoms with Gasteiger partial charge < -0.3 is 9.73 Å². The summed E-state index contributed by atoms with van der Waals surface area (Å²) in [5, 5.41) is 17.0. The zero-order chi connectivity index (χ0) is 21.5. The molecule has 0 radical (unpaired) electrons. The highest BCUT2D eigenvalue weighted by Gasteiger charge is 2.11. The second-order valence-electron chi connectivity index (χ2n) is 5.96. The molecule has 3 aromatic rings. The first-order valence-corrected chi connectivity index (χ1v) is 9.42. The Morgan fingerprint density at radius 3 is 2.53 bits per heavy atom. The van der Waals surface area contributed by atoms with E-state index in [1.54, 1.807) is 48.5 Å². The number of carbonyl (C=O) groups is 2. The minimum absolute atomic E-state index is 0.0125. The molecule has 0 saturated heterocycles. The second kappa shape index (κ2) is 9.61. The molecular weight excluding hydrogens is 456 g/mol. The molecule has 0 spiro atoms. The molecule has 0 atom stereocenters. The molecule has 1 aromatic heterocycles. The van der Waals surface area contributed by atoms with E-state index in [1.165, 1.54) is 18.3 Å². The van der Waals surface area contributed by atoms with Crippen molar-refractivity contribution in [2.24, 2.45) is 5.10 Å². The van der Waals surface area contributed by atoms with Gasteiger partial charge in [0.15, 0.2) is 0 Å². The molecule has 10 heteroatoms. The Kier molecular flexibility index (Phi) is 6.71. The number of nitro groups is 1. The average Bonchev–Trinajstić information content (AvgIpc) is 3.21. The summed E-state index contributed by atoms with van der Waals surface area (Å²) in [4.78, 5) is 34.1. The first-order chi connectivity index (χ1) is 14.4. The number of halogens is 1. The number of non-ortho nitro benzene ring substituents is 1. The van der Waals surface area contributed by atoms with Crippen LogP contribution in [0.5, 0.6) is 0 Å². The van der Waals surface area contributed by atoms with Gasteiger partial charge in [-0.1, -0.05) is 12.1 Å². The number of nitro benzene ring substituents is 1. The molecule has 152 valence electrons. The van der Waals surface area contributed by atoms with E-state index in [0.717, 1.165) is 0 Å². The highest BCUT2D eigenvalue weighted by Crippen LogP contribution is 2.24. The largest absolute Gasteiger partial charge is 0.455 e. The predicted molar refractivity (Wildman–Crippen MR) is 113 cm³/mol. The Labute approximate surface area is 179 Å². The number of nitrogens with zero attached hydrogens (tertiary/aromatic N) is 2. The number of hydrogen-bond donors (Lipinski definition) is 2. The van der Waals surface area contributed by atoms with Crippen molar-refractivity contribution in [3.8, 4) is 11.3 Å². The quantitative estimate of drug-likeness (QED) is 0.310. The highest BCUT2D eigenvalue weighted by atomic mass is 79.9. The van der Waals surface area contributed by atoms with E-state index < -0.39 is 10.8 Å². The standard InChI is InChI=1S/C20H15BrN4O5/c21-17-4-2-1-3-16(17)20(27)22-12-19(26)24-23-11-15-9-10-18(30-15)13-5-7-14(8-6-13)25(28)29/h1-11H,12H2,(H,22,27)(H,24,26)/b23-11-. The predicted octanol–water partition coefficient (Wildman–Crippen LogP) is 3.50. The molecule has 1 heterocycles. The minimum Gasteiger partial charge on any atom is -0.455 e. The fourth-order valence-corrected chi connectivity index (χ4v) is 2.90. The van der Waals surface area contributed by atoms with Crippen LogP contribution in [0.2, 0.25) is 0 Å². The molecule has 0 saturated carbocycles. The Balaban J connectivity index is 1.51. The summed E-state index contributed by atoms with van der Waals surface area (Å²) >= 11 is 3.28. The third kappa shape index (κ3) is 5.39. The average molecular weight is 471 g/mol. The third-order valence-corrected chi connectivity index (χ3v) is 4.59. The number of rotatable bonds is 7. The van der Waals surface area contributed by atoms with E-state index >= 15 is 0 Å². The van der Waals surface area contributed by atoms with E-state index in [2.05, 4.69) is 31.8 Å². The molecule has 30 heavy (non-hydrogen) atoms. The molecule has 3 rings (SSSR count). The fourth-order valence-electron chi connectivity index (χ4n) is 2.43. The van der Waals surface area contributed by atoms with Crippen LogP contribution in [0.25, 0.3) is 11.3 Å². The molecule has 0 aliphatic rings. The maximum atomic E-state index is 12.0. The number of benzene rings is 2. The second-order valence-corrected chi connectivity index (χ2v) is 6.82. The van der Waals surface area contributed by atoms with Crippen LogP contribution in [0, 0.1) is 10.1 Å². The van der Waals surface area contributed by atoms with Gasteiger partial charge in [-0.25, -0.2) is 5.43 Å². The van der Waals surface area contributed by atoms with Gasteiger partial charge in [0.05, 0.1) is 23.2 Å². The zero-order valence-corrected chi connectivity index (χ0v) is 17.0. The third-order valence-electron chi connectivity index (χ3n) is 3.90.